The van der Waals surface area contributed by atoms with E-state index in [-0.39, 0.29) is 4.90 Å². The smallest absolute Gasteiger partial charge is 0.200 e. The van der Waals surface area contributed by atoms with Crippen LogP contribution in [0.1, 0.15) is 28.7 Å². The fourth-order valence-corrected chi connectivity index (χ4v) is 3.85. The molecular weight excluding hydrogens is 296 g/mol. The van der Waals surface area contributed by atoms with Gasteiger partial charge in [0.1, 0.15) is 0 Å². The van der Waals surface area contributed by atoms with Crippen molar-refractivity contribution in [2.45, 2.75) is 31.6 Å². The SMILES string of the molecule is Cc1ccc(C)c(S(=O)(=O)N/N=C2\CCc3ccccc32)c1. The summed E-state index contributed by atoms with van der Waals surface area (Å²) in [6.45, 7) is 3.66. The average Bonchev–Trinajstić information content (AvgIpc) is 2.91. The Morgan fingerprint density at radius 3 is 2.64 bits per heavy atom. The lowest BCUT2D eigenvalue weighted by molar-refractivity contribution is 0.583. The minimum absolute atomic E-state index is 0.281. The van der Waals surface area contributed by atoms with E-state index in [4.69, 9.17) is 0 Å². The third-order valence-electron chi connectivity index (χ3n) is 3.89. The molecule has 4 nitrogen and oxygen atoms in total. The van der Waals surface area contributed by atoms with E-state index < -0.39 is 10.0 Å². The highest BCUT2D eigenvalue weighted by atomic mass is 32.2. The summed E-state index contributed by atoms with van der Waals surface area (Å²) in [5.41, 5.74) is 4.66. The molecule has 0 heterocycles. The highest BCUT2D eigenvalue weighted by Crippen LogP contribution is 2.22. The van der Waals surface area contributed by atoms with Crippen LogP contribution in [0.5, 0.6) is 0 Å². The van der Waals surface area contributed by atoms with Crippen molar-refractivity contribution in [1.82, 2.24) is 4.83 Å². The van der Waals surface area contributed by atoms with Gasteiger partial charge in [-0.2, -0.15) is 18.4 Å². The second-order valence-corrected chi connectivity index (χ2v) is 7.21. The van der Waals surface area contributed by atoms with E-state index in [9.17, 15) is 8.42 Å². The minimum Gasteiger partial charge on any atom is -0.200 e. The van der Waals surface area contributed by atoms with Gasteiger partial charge in [-0.15, -0.1) is 0 Å². The summed E-state index contributed by atoms with van der Waals surface area (Å²) in [5, 5.41) is 4.16. The zero-order valence-electron chi connectivity index (χ0n) is 12.6. The molecule has 1 aliphatic carbocycles. The highest BCUT2D eigenvalue weighted by molar-refractivity contribution is 7.89. The zero-order chi connectivity index (χ0) is 15.7. The molecule has 0 unspecified atom stereocenters. The van der Waals surface area contributed by atoms with Gasteiger partial charge in [0.15, 0.2) is 0 Å². The topological polar surface area (TPSA) is 58.5 Å². The maximum absolute atomic E-state index is 12.5. The van der Waals surface area contributed by atoms with Crippen molar-refractivity contribution in [1.29, 1.82) is 0 Å². The van der Waals surface area contributed by atoms with Gasteiger partial charge in [-0.1, -0.05) is 36.4 Å². The van der Waals surface area contributed by atoms with Gasteiger partial charge in [-0.05, 0) is 49.4 Å². The van der Waals surface area contributed by atoms with Crippen molar-refractivity contribution >= 4 is 15.7 Å². The number of nitrogens with zero attached hydrogens (tertiary/aromatic N) is 1. The van der Waals surface area contributed by atoms with Crippen molar-refractivity contribution in [2.24, 2.45) is 5.10 Å². The monoisotopic (exact) mass is 314 g/mol. The lowest BCUT2D eigenvalue weighted by atomic mass is 10.1. The van der Waals surface area contributed by atoms with Crippen molar-refractivity contribution < 1.29 is 8.42 Å². The first kappa shape index (κ1) is 14.8. The standard InChI is InChI=1S/C17H18N2O2S/c1-12-7-8-13(2)17(11-12)22(20,21)19-18-16-10-9-14-5-3-4-6-15(14)16/h3-8,11,19H,9-10H2,1-2H3/b18-16+. The third-order valence-corrected chi connectivity index (χ3v) is 5.24. The number of hydrogen-bond donors (Lipinski definition) is 1. The number of sulfonamides is 1. The number of rotatable bonds is 3. The molecule has 0 radical (unpaired) electrons. The number of hydrazone groups is 1. The number of nitrogens with one attached hydrogen (secondary N) is 1. The zero-order valence-corrected chi connectivity index (χ0v) is 13.4. The molecule has 0 amide bonds. The number of benzene rings is 2. The van der Waals surface area contributed by atoms with Crippen LogP contribution in [-0.4, -0.2) is 14.1 Å². The molecule has 2 aromatic rings. The molecule has 0 aliphatic heterocycles. The Hall–Kier alpha value is -2.14. The molecule has 22 heavy (non-hydrogen) atoms. The van der Waals surface area contributed by atoms with Gasteiger partial charge in [0.2, 0.25) is 0 Å². The summed E-state index contributed by atoms with van der Waals surface area (Å²) >= 11 is 0. The van der Waals surface area contributed by atoms with Gasteiger partial charge >= 0.3 is 0 Å². The normalized spacial score (nSPS) is 15.8. The van der Waals surface area contributed by atoms with Crippen LogP contribution in [0.25, 0.3) is 0 Å². The second-order valence-electron chi connectivity index (χ2n) is 5.58. The van der Waals surface area contributed by atoms with Gasteiger partial charge in [0, 0.05) is 5.56 Å². The predicted molar refractivity (Wildman–Crippen MR) is 87.5 cm³/mol. The summed E-state index contributed by atoms with van der Waals surface area (Å²) in [7, 11) is -3.64. The van der Waals surface area contributed by atoms with Crippen molar-refractivity contribution in [3.63, 3.8) is 0 Å². The van der Waals surface area contributed by atoms with Gasteiger partial charge in [-0.3, -0.25) is 0 Å². The summed E-state index contributed by atoms with van der Waals surface area (Å²) in [4.78, 5) is 2.67. The van der Waals surface area contributed by atoms with Gasteiger partial charge < -0.3 is 0 Å². The van der Waals surface area contributed by atoms with E-state index in [1.54, 1.807) is 13.0 Å². The van der Waals surface area contributed by atoms with Crippen molar-refractivity contribution in [2.75, 3.05) is 0 Å². The summed E-state index contributed by atoms with van der Waals surface area (Å²) < 4.78 is 24.9. The minimum atomic E-state index is -3.64. The maximum Gasteiger partial charge on any atom is 0.276 e. The third kappa shape index (κ3) is 2.76. The molecule has 0 aromatic heterocycles. The molecule has 3 rings (SSSR count). The van der Waals surface area contributed by atoms with Crippen LogP contribution in [0.15, 0.2) is 52.5 Å². The highest BCUT2D eigenvalue weighted by Gasteiger charge is 2.20. The molecule has 114 valence electrons. The molecule has 1 aliphatic rings. The maximum atomic E-state index is 12.5. The van der Waals surface area contributed by atoms with E-state index in [0.29, 0.717) is 5.56 Å². The predicted octanol–water partition coefficient (Wildman–Crippen LogP) is 2.93. The number of aryl methyl sites for hydroxylation is 3. The molecule has 0 fully saturated rings. The van der Waals surface area contributed by atoms with E-state index in [1.807, 2.05) is 37.3 Å². The average molecular weight is 314 g/mol. The van der Waals surface area contributed by atoms with E-state index in [0.717, 1.165) is 29.7 Å². The van der Waals surface area contributed by atoms with Crippen LogP contribution in [0.4, 0.5) is 0 Å². The molecule has 0 saturated carbocycles. The Labute approximate surface area is 130 Å². The van der Waals surface area contributed by atoms with Crippen LogP contribution in [0.3, 0.4) is 0 Å². The van der Waals surface area contributed by atoms with Crippen LogP contribution < -0.4 is 4.83 Å². The first-order valence-corrected chi connectivity index (χ1v) is 8.69. The number of fused-ring (bicyclic) bond motifs is 1. The molecule has 0 atom stereocenters. The van der Waals surface area contributed by atoms with Crippen molar-refractivity contribution in [3.05, 3.63) is 64.7 Å². The molecular formula is C17H18N2O2S. The Kier molecular flexibility index (Phi) is 3.74. The molecule has 2 aromatic carbocycles. The quantitative estimate of drug-likeness (QED) is 0.886. The fraction of sp³-hybridized carbons (Fsp3) is 0.235. The largest absolute Gasteiger partial charge is 0.276 e. The molecule has 0 bridgehead atoms. The summed E-state index contributed by atoms with van der Waals surface area (Å²) in [6.07, 6.45) is 1.66. The number of hydrogen-bond acceptors (Lipinski definition) is 3. The summed E-state index contributed by atoms with van der Waals surface area (Å²) in [5.74, 6) is 0. The summed E-state index contributed by atoms with van der Waals surface area (Å²) in [6, 6.07) is 13.3. The first-order valence-electron chi connectivity index (χ1n) is 7.21. The molecule has 0 spiro atoms. The Bertz CT molecular complexity index is 855. The van der Waals surface area contributed by atoms with Crippen LogP contribution >= 0.6 is 0 Å². The second kappa shape index (κ2) is 5.57. The Balaban J connectivity index is 1.90. The van der Waals surface area contributed by atoms with Crippen LogP contribution in [-0.2, 0) is 16.4 Å². The van der Waals surface area contributed by atoms with E-state index in [2.05, 4.69) is 16.0 Å². The van der Waals surface area contributed by atoms with Crippen LogP contribution in [0.2, 0.25) is 0 Å². The van der Waals surface area contributed by atoms with E-state index in [1.165, 1.54) is 5.56 Å². The fourth-order valence-electron chi connectivity index (χ4n) is 2.68. The lowest BCUT2D eigenvalue weighted by Crippen LogP contribution is -2.21. The first-order chi connectivity index (χ1) is 10.5. The van der Waals surface area contributed by atoms with E-state index >= 15 is 0 Å². The Morgan fingerprint density at radius 2 is 1.82 bits per heavy atom. The van der Waals surface area contributed by atoms with Crippen molar-refractivity contribution in [3.8, 4) is 0 Å². The molecule has 5 heteroatoms. The Morgan fingerprint density at radius 1 is 1.05 bits per heavy atom. The molecule has 1 N–H and O–H groups in total. The van der Waals surface area contributed by atoms with Gasteiger partial charge in [-0.25, -0.2) is 0 Å². The van der Waals surface area contributed by atoms with Crippen LogP contribution in [0, 0.1) is 13.8 Å². The lowest BCUT2D eigenvalue weighted by Gasteiger charge is -2.08. The van der Waals surface area contributed by atoms with Gasteiger partial charge in [0.05, 0.1) is 10.6 Å². The molecule has 0 saturated heterocycles. The van der Waals surface area contributed by atoms with Gasteiger partial charge in [0.25, 0.3) is 10.0 Å².